The smallest absolute Gasteiger partial charge is 0.330 e. The Labute approximate surface area is 91.5 Å². The summed E-state index contributed by atoms with van der Waals surface area (Å²) in [6, 6.07) is 0. The molecule has 15 heavy (non-hydrogen) atoms. The molecule has 0 spiro atoms. The van der Waals surface area contributed by atoms with Crippen LogP contribution in [0.5, 0.6) is 0 Å². The number of carbonyl (C=O) groups excluding carboxylic acids is 1. The normalized spacial score (nSPS) is 11.5. The molecule has 0 aliphatic rings. The monoisotopic (exact) mass is 216 g/mol. The molecule has 0 N–H and O–H groups in total. The van der Waals surface area contributed by atoms with E-state index in [2.05, 4.69) is 11.7 Å². The summed E-state index contributed by atoms with van der Waals surface area (Å²) in [6.45, 7) is 3.31. The van der Waals surface area contributed by atoms with Crippen LogP contribution in [-0.4, -0.2) is 19.3 Å². The molecule has 0 unspecified atom stereocenters. The maximum absolute atomic E-state index is 11.7. The number of esters is 1. The number of ether oxygens (including phenoxy) is 1. The molecular weight excluding hydrogens is 195 g/mol. The lowest BCUT2D eigenvalue weighted by atomic mass is 10.1. The molecule has 3 heteroatoms. The van der Waals surface area contributed by atoms with Crippen LogP contribution in [0.4, 0.5) is 4.39 Å². The molecule has 0 aromatic carbocycles. The number of allylic oxidation sites excluding steroid dienone is 1. The van der Waals surface area contributed by atoms with Gasteiger partial charge in [-0.15, -0.1) is 0 Å². The van der Waals surface area contributed by atoms with E-state index in [9.17, 15) is 9.18 Å². The Morgan fingerprint density at radius 1 is 1.33 bits per heavy atom. The molecule has 0 radical (unpaired) electrons. The minimum absolute atomic E-state index is 0.140. The van der Waals surface area contributed by atoms with Crippen LogP contribution < -0.4 is 0 Å². The number of alkyl halides is 1. The van der Waals surface area contributed by atoms with Crippen molar-refractivity contribution in [2.75, 3.05) is 13.3 Å². The van der Waals surface area contributed by atoms with Crippen molar-refractivity contribution in [1.29, 1.82) is 0 Å². The van der Waals surface area contributed by atoms with Gasteiger partial charge in [-0.1, -0.05) is 31.8 Å². The zero-order valence-electron chi connectivity index (χ0n) is 9.72. The predicted molar refractivity (Wildman–Crippen MR) is 59.5 cm³/mol. The van der Waals surface area contributed by atoms with E-state index in [0.717, 1.165) is 18.4 Å². The number of hydrogen-bond donors (Lipinski definition) is 0. The van der Waals surface area contributed by atoms with Crippen LogP contribution in [0.1, 0.15) is 46.0 Å². The first-order valence-electron chi connectivity index (χ1n) is 5.60. The maximum atomic E-state index is 11.7. The van der Waals surface area contributed by atoms with Crippen molar-refractivity contribution in [3.8, 4) is 0 Å². The van der Waals surface area contributed by atoms with Gasteiger partial charge in [0.1, 0.15) is 13.3 Å². The summed E-state index contributed by atoms with van der Waals surface area (Å²) in [4.78, 5) is 11.0. The second kappa shape index (κ2) is 9.69. The number of halogens is 1. The average molecular weight is 216 g/mol. The summed E-state index contributed by atoms with van der Waals surface area (Å²) < 4.78 is 16.3. The van der Waals surface area contributed by atoms with E-state index in [0.29, 0.717) is 0 Å². The molecule has 0 heterocycles. The number of unbranched alkanes of at least 4 members (excludes halogenated alkanes) is 3. The van der Waals surface area contributed by atoms with Gasteiger partial charge in [-0.3, -0.25) is 0 Å². The molecule has 0 aliphatic carbocycles. The van der Waals surface area contributed by atoms with Crippen molar-refractivity contribution in [3.63, 3.8) is 0 Å². The highest BCUT2D eigenvalue weighted by atomic mass is 19.1. The molecule has 88 valence electrons. The van der Waals surface area contributed by atoms with Crippen LogP contribution in [0.3, 0.4) is 0 Å². The standard InChI is InChI=1S/C12H21FO2/c1-3-4-5-6-7-11(2)10-12(14)15-9-8-13/h10H,3-9H2,1-2H3/b11-10+. The minimum Gasteiger partial charge on any atom is -0.460 e. The van der Waals surface area contributed by atoms with E-state index in [1.165, 1.54) is 25.3 Å². The highest BCUT2D eigenvalue weighted by Gasteiger charge is 1.99. The Balaban J connectivity index is 3.62. The van der Waals surface area contributed by atoms with Crippen molar-refractivity contribution in [2.24, 2.45) is 0 Å². The third-order valence-electron chi connectivity index (χ3n) is 2.11. The van der Waals surface area contributed by atoms with E-state index in [4.69, 9.17) is 0 Å². The van der Waals surface area contributed by atoms with Gasteiger partial charge in [0.2, 0.25) is 0 Å². The van der Waals surface area contributed by atoms with Gasteiger partial charge in [0, 0.05) is 6.08 Å². The molecule has 0 rings (SSSR count). The highest BCUT2D eigenvalue weighted by molar-refractivity contribution is 5.82. The summed E-state index contributed by atoms with van der Waals surface area (Å²) in [5.74, 6) is -0.430. The fourth-order valence-corrected chi connectivity index (χ4v) is 1.28. The maximum Gasteiger partial charge on any atom is 0.330 e. The lowest BCUT2D eigenvalue weighted by Crippen LogP contribution is -2.04. The summed E-state index contributed by atoms with van der Waals surface area (Å²) in [5.41, 5.74) is 1.01. The molecular formula is C12H21FO2. The van der Waals surface area contributed by atoms with Gasteiger partial charge in [-0.2, -0.15) is 0 Å². The first-order chi connectivity index (χ1) is 7.20. The second-order valence-electron chi connectivity index (χ2n) is 3.66. The van der Waals surface area contributed by atoms with Crippen LogP contribution in [0, 0.1) is 0 Å². The first kappa shape index (κ1) is 14.1. The first-order valence-corrected chi connectivity index (χ1v) is 5.60. The molecule has 0 aliphatic heterocycles. The van der Waals surface area contributed by atoms with E-state index in [1.807, 2.05) is 6.92 Å². The van der Waals surface area contributed by atoms with Crippen LogP contribution in [-0.2, 0) is 9.53 Å². The van der Waals surface area contributed by atoms with Crippen molar-refractivity contribution >= 4 is 5.97 Å². The number of rotatable bonds is 8. The molecule has 0 fully saturated rings. The van der Waals surface area contributed by atoms with Crippen molar-refractivity contribution in [3.05, 3.63) is 11.6 Å². The third kappa shape index (κ3) is 9.44. The van der Waals surface area contributed by atoms with Gasteiger partial charge in [0.05, 0.1) is 0 Å². The van der Waals surface area contributed by atoms with Crippen LogP contribution in [0.2, 0.25) is 0 Å². The Hall–Kier alpha value is -0.860. The Morgan fingerprint density at radius 3 is 2.67 bits per heavy atom. The van der Waals surface area contributed by atoms with Gasteiger partial charge in [0.15, 0.2) is 0 Å². The number of carbonyl (C=O) groups is 1. The zero-order valence-corrected chi connectivity index (χ0v) is 9.72. The lowest BCUT2D eigenvalue weighted by molar-refractivity contribution is -0.138. The van der Waals surface area contributed by atoms with Crippen molar-refractivity contribution < 1.29 is 13.9 Å². The van der Waals surface area contributed by atoms with Gasteiger partial charge in [-0.05, 0) is 19.8 Å². The van der Waals surface area contributed by atoms with E-state index in [-0.39, 0.29) is 6.61 Å². The molecule has 0 bridgehead atoms. The highest BCUT2D eigenvalue weighted by Crippen LogP contribution is 2.09. The van der Waals surface area contributed by atoms with E-state index in [1.54, 1.807) is 0 Å². The average Bonchev–Trinajstić information content (AvgIpc) is 2.21. The zero-order chi connectivity index (χ0) is 11.5. The van der Waals surface area contributed by atoms with Gasteiger partial charge >= 0.3 is 5.97 Å². The fourth-order valence-electron chi connectivity index (χ4n) is 1.28. The quantitative estimate of drug-likeness (QED) is 0.353. The fraction of sp³-hybridized carbons (Fsp3) is 0.750. The molecule has 0 aromatic rings. The minimum atomic E-state index is -0.616. The lowest BCUT2D eigenvalue weighted by Gasteiger charge is -2.01. The molecule has 0 saturated heterocycles. The Bertz CT molecular complexity index is 200. The summed E-state index contributed by atoms with van der Waals surface area (Å²) >= 11 is 0. The van der Waals surface area contributed by atoms with Crippen LogP contribution in [0.25, 0.3) is 0 Å². The largest absolute Gasteiger partial charge is 0.460 e. The Kier molecular flexibility index (Phi) is 9.13. The van der Waals surface area contributed by atoms with Crippen molar-refractivity contribution in [1.82, 2.24) is 0 Å². The topological polar surface area (TPSA) is 26.3 Å². The van der Waals surface area contributed by atoms with Crippen LogP contribution in [0.15, 0.2) is 11.6 Å². The molecule has 2 nitrogen and oxygen atoms in total. The number of hydrogen-bond acceptors (Lipinski definition) is 2. The van der Waals surface area contributed by atoms with E-state index < -0.39 is 12.6 Å². The SMILES string of the molecule is CCCCCC/C(C)=C/C(=O)OCCF. The molecule has 0 atom stereocenters. The van der Waals surface area contributed by atoms with Crippen molar-refractivity contribution in [2.45, 2.75) is 46.0 Å². The summed E-state index contributed by atoms with van der Waals surface area (Å²) in [6.07, 6.45) is 7.13. The van der Waals surface area contributed by atoms with Crippen LogP contribution >= 0.6 is 0 Å². The van der Waals surface area contributed by atoms with Gasteiger partial charge in [-0.25, -0.2) is 9.18 Å². The third-order valence-corrected chi connectivity index (χ3v) is 2.11. The van der Waals surface area contributed by atoms with E-state index >= 15 is 0 Å². The van der Waals surface area contributed by atoms with Gasteiger partial charge < -0.3 is 4.74 Å². The molecule has 0 amide bonds. The molecule has 0 aromatic heterocycles. The molecule has 0 saturated carbocycles. The predicted octanol–water partition coefficient (Wildman–Crippen LogP) is 3.42. The van der Waals surface area contributed by atoms with Gasteiger partial charge in [0.25, 0.3) is 0 Å². The Morgan fingerprint density at radius 2 is 2.07 bits per heavy atom. The summed E-state index contributed by atoms with van der Waals surface area (Å²) in [5, 5.41) is 0. The second-order valence-corrected chi connectivity index (χ2v) is 3.66. The summed E-state index contributed by atoms with van der Waals surface area (Å²) in [7, 11) is 0.